The molecule has 2 rings (SSSR count). The number of hydrogen-bond acceptors (Lipinski definition) is 3. The highest BCUT2D eigenvalue weighted by atomic mass is 32.1. The summed E-state index contributed by atoms with van der Waals surface area (Å²) in [6.45, 7) is 1.93. The van der Waals surface area contributed by atoms with Gasteiger partial charge in [-0.05, 0) is 19.1 Å². The van der Waals surface area contributed by atoms with Crippen molar-refractivity contribution < 1.29 is 4.79 Å². The Morgan fingerprint density at radius 2 is 1.87 bits per heavy atom. The van der Waals surface area contributed by atoms with Crippen LogP contribution in [0.4, 0.5) is 5.69 Å². The van der Waals surface area contributed by atoms with Gasteiger partial charge in [0, 0.05) is 7.05 Å². The molecule has 78 valence electrons. The molecule has 1 atom stereocenters. The van der Waals surface area contributed by atoms with Crippen LogP contribution in [0.3, 0.4) is 0 Å². The zero-order valence-corrected chi connectivity index (χ0v) is 9.49. The molecule has 0 aromatic heterocycles. The molecule has 0 saturated carbocycles. The lowest BCUT2D eigenvalue weighted by molar-refractivity contribution is -0.113. The number of rotatable bonds is 1. The normalized spacial score (nSPS) is 22.5. The van der Waals surface area contributed by atoms with Gasteiger partial charge in [0.25, 0.3) is 5.91 Å². The highest BCUT2D eigenvalue weighted by Gasteiger charge is 2.38. The van der Waals surface area contributed by atoms with Crippen LogP contribution in [0.25, 0.3) is 0 Å². The lowest BCUT2D eigenvalue weighted by Crippen LogP contribution is -2.38. The Hall–Kier alpha value is -1.26. The molecule has 1 aromatic rings. The van der Waals surface area contributed by atoms with Gasteiger partial charge < -0.3 is 0 Å². The minimum atomic E-state index is -0.0915. The number of hydrogen-bond donors (Lipinski definition) is 0. The summed E-state index contributed by atoms with van der Waals surface area (Å²) in [5, 5.41) is 3.48. The average molecular weight is 220 g/mol. The van der Waals surface area contributed by atoms with Crippen LogP contribution < -0.4 is 5.01 Å². The molecule has 1 unspecified atom stereocenters. The van der Waals surface area contributed by atoms with Crippen LogP contribution in [0.2, 0.25) is 0 Å². The molecule has 4 heteroatoms. The number of benzene rings is 1. The molecule has 1 saturated heterocycles. The van der Waals surface area contributed by atoms with Gasteiger partial charge in [-0.1, -0.05) is 30.4 Å². The van der Waals surface area contributed by atoms with Crippen molar-refractivity contribution in [3.05, 3.63) is 30.3 Å². The number of carbonyl (C=O) groups is 1. The van der Waals surface area contributed by atoms with E-state index in [4.69, 9.17) is 12.2 Å². The van der Waals surface area contributed by atoms with E-state index in [0.29, 0.717) is 4.86 Å². The molecule has 0 aliphatic carbocycles. The zero-order chi connectivity index (χ0) is 11.0. The molecule has 0 bridgehead atoms. The predicted octanol–water partition coefficient (Wildman–Crippen LogP) is 1.64. The fourth-order valence-electron chi connectivity index (χ4n) is 1.64. The fourth-order valence-corrected chi connectivity index (χ4v) is 1.88. The Morgan fingerprint density at radius 3 is 2.33 bits per heavy atom. The first kappa shape index (κ1) is 10.3. The van der Waals surface area contributed by atoms with E-state index in [9.17, 15) is 4.79 Å². The lowest BCUT2D eigenvalue weighted by Gasteiger charge is -2.25. The van der Waals surface area contributed by atoms with Crippen molar-refractivity contribution in [2.75, 3.05) is 12.1 Å². The molecule has 1 heterocycles. The number of nitrogens with zero attached hydrogens (tertiary/aromatic N) is 2. The third-order valence-electron chi connectivity index (χ3n) is 2.66. The first-order valence-electron chi connectivity index (χ1n) is 4.79. The number of carbonyl (C=O) groups excluding carboxylic acids is 1. The van der Waals surface area contributed by atoms with E-state index >= 15 is 0 Å². The molecular formula is C11H12N2OS. The molecule has 1 fully saturated rings. The fraction of sp³-hybridized carbons (Fsp3) is 0.273. The topological polar surface area (TPSA) is 23.6 Å². The molecule has 15 heavy (non-hydrogen) atoms. The van der Waals surface area contributed by atoms with Crippen molar-refractivity contribution in [1.29, 1.82) is 0 Å². The molecule has 1 aliphatic heterocycles. The van der Waals surface area contributed by atoms with E-state index in [1.807, 2.05) is 49.3 Å². The van der Waals surface area contributed by atoms with Gasteiger partial charge >= 0.3 is 0 Å². The molecule has 0 radical (unpaired) electrons. The standard InChI is InChI=1S/C11H12N2OS/c1-8-10(15)11(14)13(12(8)2)9-6-4-3-5-7-9/h3-8H,1-2H3. The van der Waals surface area contributed by atoms with Gasteiger partial charge in [0.2, 0.25) is 0 Å². The van der Waals surface area contributed by atoms with Crippen molar-refractivity contribution in [3.63, 3.8) is 0 Å². The Bertz CT molecular complexity index is 404. The maximum absolute atomic E-state index is 11.9. The third kappa shape index (κ3) is 1.56. The number of anilines is 1. The van der Waals surface area contributed by atoms with Crippen molar-refractivity contribution in [1.82, 2.24) is 5.01 Å². The third-order valence-corrected chi connectivity index (χ3v) is 3.18. The van der Waals surface area contributed by atoms with Crippen LogP contribution >= 0.6 is 12.2 Å². The first-order chi connectivity index (χ1) is 7.13. The summed E-state index contributed by atoms with van der Waals surface area (Å²) in [6, 6.07) is 9.52. The first-order valence-corrected chi connectivity index (χ1v) is 5.20. The zero-order valence-electron chi connectivity index (χ0n) is 8.68. The minimum absolute atomic E-state index is 0.00675. The Balaban J connectivity index is 2.39. The van der Waals surface area contributed by atoms with Gasteiger partial charge in [-0.3, -0.25) is 4.79 Å². The van der Waals surface area contributed by atoms with Crippen LogP contribution in [0.5, 0.6) is 0 Å². The minimum Gasteiger partial charge on any atom is -0.267 e. The summed E-state index contributed by atoms with van der Waals surface area (Å²) in [5.41, 5.74) is 0.858. The molecular weight excluding hydrogens is 208 g/mol. The summed E-state index contributed by atoms with van der Waals surface area (Å²) in [4.78, 5) is 12.3. The van der Waals surface area contributed by atoms with E-state index in [-0.39, 0.29) is 11.9 Å². The van der Waals surface area contributed by atoms with Gasteiger partial charge in [0.1, 0.15) is 4.86 Å². The van der Waals surface area contributed by atoms with Gasteiger partial charge in [0.15, 0.2) is 0 Å². The summed E-state index contributed by atoms with van der Waals surface area (Å²) in [6.07, 6.45) is 0. The SMILES string of the molecule is CC1C(=S)C(=O)N(c2ccccc2)N1C. The number of amides is 1. The number of thiocarbonyl (C=S) groups is 1. The molecule has 0 N–H and O–H groups in total. The summed E-state index contributed by atoms with van der Waals surface area (Å²) >= 11 is 5.09. The van der Waals surface area contributed by atoms with Gasteiger partial charge in [-0.25, -0.2) is 10.0 Å². The molecule has 0 spiro atoms. The number of para-hydroxylation sites is 1. The largest absolute Gasteiger partial charge is 0.281 e. The summed E-state index contributed by atoms with van der Waals surface area (Å²) in [7, 11) is 1.87. The highest BCUT2D eigenvalue weighted by Crippen LogP contribution is 2.23. The van der Waals surface area contributed by atoms with Crippen LogP contribution in [0, 0.1) is 0 Å². The van der Waals surface area contributed by atoms with Crippen LogP contribution in [0.1, 0.15) is 6.92 Å². The molecule has 3 nitrogen and oxygen atoms in total. The van der Waals surface area contributed by atoms with Crippen molar-refractivity contribution in [2.45, 2.75) is 13.0 Å². The highest BCUT2D eigenvalue weighted by molar-refractivity contribution is 7.82. The van der Waals surface area contributed by atoms with E-state index < -0.39 is 0 Å². The summed E-state index contributed by atoms with van der Waals surface area (Å²) < 4.78 is 0. The van der Waals surface area contributed by atoms with Crippen LogP contribution in [0.15, 0.2) is 30.3 Å². The number of hydrazine groups is 1. The second kappa shape index (κ2) is 3.72. The summed E-state index contributed by atoms with van der Waals surface area (Å²) in [5.74, 6) is -0.0915. The monoisotopic (exact) mass is 220 g/mol. The second-order valence-corrected chi connectivity index (χ2v) is 4.01. The average Bonchev–Trinajstić information content (AvgIpc) is 2.45. The van der Waals surface area contributed by atoms with Crippen molar-refractivity contribution in [3.8, 4) is 0 Å². The van der Waals surface area contributed by atoms with Crippen LogP contribution in [-0.4, -0.2) is 28.9 Å². The second-order valence-electron chi connectivity index (χ2n) is 3.57. The Morgan fingerprint density at radius 1 is 1.27 bits per heavy atom. The van der Waals surface area contributed by atoms with Crippen molar-refractivity contribution in [2.24, 2.45) is 0 Å². The van der Waals surface area contributed by atoms with E-state index in [0.717, 1.165) is 5.69 Å². The predicted molar refractivity (Wildman–Crippen MR) is 63.8 cm³/mol. The van der Waals surface area contributed by atoms with E-state index in [1.165, 1.54) is 0 Å². The molecule has 1 aromatic carbocycles. The molecule has 1 aliphatic rings. The Labute approximate surface area is 94.3 Å². The molecule has 1 amide bonds. The van der Waals surface area contributed by atoms with Gasteiger partial charge in [-0.2, -0.15) is 0 Å². The lowest BCUT2D eigenvalue weighted by atomic mass is 10.2. The quantitative estimate of drug-likeness (QED) is 0.672. The van der Waals surface area contributed by atoms with Gasteiger partial charge in [0.05, 0.1) is 11.7 Å². The van der Waals surface area contributed by atoms with E-state index in [2.05, 4.69) is 0 Å². The smallest absolute Gasteiger partial charge is 0.267 e. The van der Waals surface area contributed by atoms with Crippen LogP contribution in [-0.2, 0) is 4.79 Å². The maximum atomic E-state index is 11.9. The van der Waals surface area contributed by atoms with Gasteiger partial charge in [-0.15, -0.1) is 0 Å². The van der Waals surface area contributed by atoms with E-state index in [1.54, 1.807) is 5.01 Å². The Kier molecular flexibility index (Phi) is 2.54. The van der Waals surface area contributed by atoms with Crippen molar-refractivity contribution >= 4 is 28.7 Å². The maximum Gasteiger partial charge on any atom is 0.281 e.